The summed E-state index contributed by atoms with van der Waals surface area (Å²) in [7, 11) is 1.62. The first-order valence-electron chi connectivity index (χ1n) is 5.93. The maximum Gasteiger partial charge on any atom is 0.358 e. The maximum absolute atomic E-state index is 10.9. The van der Waals surface area contributed by atoms with Crippen LogP contribution in [0.2, 0.25) is 0 Å². The van der Waals surface area contributed by atoms with Gasteiger partial charge in [-0.3, -0.25) is 0 Å². The molecular weight excluding hydrogens is 238 g/mol. The first-order chi connectivity index (χ1) is 8.70. The zero-order valence-corrected chi connectivity index (χ0v) is 10.8. The lowest BCUT2D eigenvalue weighted by Crippen LogP contribution is -2.10. The quantitative estimate of drug-likeness (QED) is 0.652. The van der Waals surface area contributed by atoms with Crippen molar-refractivity contribution < 1.29 is 19.4 Å². The second kappa shape index (κ2) is 7.78. The van der Waals surface area contributed by atoms with Gasteiger partial charge in [0, 0.05) is 20.3 Å². The molecule has 0 aliphatic heterocycles. The first kappa shape index (κ1) is 14.6. The van der Waals surface area contributed by atoms with Crippen LogP contribution in [-0.4, -0.2) is 53.0 Å². The lowest BCUT2D eigenvalue weighted by molar-refractivity contribution is 0.0675. The van der Waals surface area contributed by atoms with Crippen molar-refractivity contribution in [1.82, 2.24) is 15.0 Å². The minimum Gasteiger partial charge on any atom is -0.476 e. The van der Waals surface area contributed by atoms with Crippen molar-refractivity contribution in [1.29, 1.82) is 0 Å². The zero-order chi connectivity index (χ0) is 13.4. The molecule has 0 bridgehead atoms. The molecule has 1 aromatic rings. The molecule has 7 nitrogen and oxygen atoms in total. The summed E-state index contributed by atoms with van der Waals surface area (Å²) in [5, 5.41) is 16.4. The fourth-order valence-electron chi connectivity index (χ4n) is 1.59. The largest absolute Gasteiger partial charge is 0.476 e. The zero-order valence-electron chi connectivity index (χ0n) is 10.8. The molecule has 0 fully saturated rings. The van der Waals surface area contributed by atoms with E-state index in [4.69, 9.17) is 14.6 Å². The van der Waals surface area contributed by atoms with Gasteiger partial charge >= 0.3 is 5.97 Å². The maximum atomic E-state index is 10.9. The first-order valence-corrected chi connectivity index (χ1v) is 5.93. The molecule has 0 amide bonds. The third-order valence-corrected chi connectivity index (χ3v) is 2.47. The molecule has 0 aliphatic carbocycles. The van der Waals surface area contributed by atoms with Crippen LogP contribution in [-0.2, 0) is 22.4 Å². The number of carbonyl (C=O) groups is 1. The van der Waals surface area contributed by atoms with Crippen molar-refractivity contribution in [3.8, 4) is 0 Å². The van der Waals surface area contributed by atoms with E-state index in [9.17, 15) is 4.79 Å². The Labute approximate surface area is 106 Å². The number of carboxylic acids is 1. The van der Waals surface area contributed by atoms with E-state index < -0.39 is 5.97 Å². The highest BCUT2D eigenvalue weighted by Crippen LogP contribution is 2.07. The molecule has 1 heterocycles. The average Bonchev–Trinajstić information content (AvgIpc) is 2.76. The van der Waals surface area contributed by atoms with E-state index in [1.54, 1.807) is 11.8 Å². The Morgan fingerprint density at radius 1 is 1.39 bits per heavy atom. The molecule has 0 saturated heterocycles. The molecule has 0 atom stereocenters. The molecule has 102 valence electrons. The molecule has 0 aromatic carbocycles. The summed E-state index contributed by atoms with van der Waals surface area (Å²) in [6.07, 6.45) is 1.36. The van der Waals surface area contributed by atoms with Crippen molar-refractivity contribution >= 4 is 5.97 Å². The second-order valence-electron chi connectivity index (χ2n) is 3.73. The number of ether oxygens (including phenoxy) is 2. The standard InChI is InChI=1S/C11H19N3O4/c1-3-9-10(11(15)16)12-13-14(9)5-4-6-18-8-7-17-2/h3-8H2,1-2H3,(H,15,16). The summed E-state index contributed by atoms with van der Waals surface area (Å²) >= 11 is 0. The number of carboxylic acid groups (broad SMARTS) is 1. The van der Waals surface area contributed by atoms with Crippen LogP contribution < -0.4 is 0 Å². The molecule has 18 heavy (non-hydrogen) atoms. The van der Waals surface area contributed by atoms with Crippen LogP contribution in [0.4, 0.5) is 0 Å². The Kier molecular flexibility index (Phi) is 6.31. The van der Waals surface area contributed by atoms with Gasteiger partial charge in [-0.1, -0.05) is 12.1 Å². The highest BCUT2D eigenvalue weighted by Gasteiger charge is 2.16. The topological polar surface area (TPSA) is 86.5 Å². The van der Waals surface area contributed by atoms with Crippen molar-refractivity contribution in [2.75, 3.05) is 26.9 Å². The van der Waals surface area contributed by atoms with Crippen LogP contribution in [0.5, 0.6) is 0 Å². The van der Waals surface area contributed by atoms with E-state index in [0.717, 1.165) is 6.42 Å². The van der Waals surface area contributed by atoms with Gasteiger partial charge < -0.3 is 14.6 Å². The fourth-order valence-corrected chi connectivity index (χ4v) is 1.59. The van der Waals surface area contributed by atoms with Crippen molar-refractivity contribution in [2.24, 2.45) is 0 Å². The van der Waals surface area contributed by atoms with Crippen LogP contribution in [0.3, 0.4) is 0 Å². The van der Waals surface area contributed by atoms with Crippen LogP contribution in [0, 0.1) is 0 Å². The Morgan fingerprint density at radius 3 is 2.78 bits per heavy atom. The van der Waals surface area contributed by atoms with Gasteiger partial charge in [0.1, 0.15) is 0 Å². The predicted octanol–water partition coefficient (Wildman–Crippen LogP) is 0.592. The van der Waals surface area contributed by atoms with Crippen LogP contribution in [0.15, 0.2) is 0 Å². The van der Waals surface area contributed by atoms with Gasteiger partial charge in [0.15, 0.2) is 5.69 Å². The van der Waals surface area contributed by atoms with E-state index >= 15 is 0 Å². The van der Waals surface area contributed by atoms with Crippen LogP contribution in [0.1, 0.15) is 29.5 Å². The van der Waals surface area contributed by atoms with Gasteiger partial charge in [0.25, 0.3) is 0 Å². The SMILES string of the molecule is CCc1c(C(=O)O)nnn1CCCOCCOC. The predicted molar refractivity (Wildman–Crippen MR) is 63.7 cm³/mol. The van der Waals surface area contributed by atoms with Crippen LogP contribution in [0.25, 0.3) is 0 Å². The number of aromatic nitrogens is 3. The molecule has 0 radical (unpaired) electrons. The highest BCUT2D eigenvalue weighted by atomic mass is 16.5. The molecule has 0 unspecified atom stereocenters. The summed E-state index contributed by atoms with van der Waals surface area (Å²) < 4.78 is 11.8. The fraction of sp³-hybridized carbons (Fsp3) is 0.727. The Hall–Kier alpha value is -1.47. The molecule has 1 N–H and O–H groups in total. The molecule has 1 aromatic heterocycles. The third kappa shape index (κ3) is 4.08. The number of aryl methyl sites for hydroxylation is 1. The normalized spacial score (nSPS) is 10.8. The smallest absolute Gasteiger partial charge is 0.358 e. The van der Waals surface area contributed by atoms with Crippen molar-refractivity contribution in [2.45, 2.75) is 26.3 Å². The summed E-state index contributed by atoms with van der Waals surface area (Å²) in [5.41, 5.74) is 0.692. The van der Waals surface area contributed by atoms with Gasteiger partial charge in [-0.25, -0.2) is 9.48 Å². The number of aromatic carboxylic acids is 1. The monoisotopic (exact) mass is 257 g/mol. The van der Waals surface area contributed by atoms with Gasteiger partial charge in [-0.15, -0.1) is 5.10 Å². The summed E-state index contributed by atoms with van der Waals surface area (Å²) in [6.45, 7) is 4.23. The summed E-state index contributed by atoms with van der Waals surface area (Å²) in [6, 6.07) is 0. The third-order valence-electron chi connectivity index (χ3n) is 2.47. The molecular formula is C11H19N3O4. The van der Waals surface area contributed by atoms with E-state index in [0.29, 0.717) is 38.5 Å². The number of rotatable bonds is 9. The van der Waals surface area contributed by atoms with Crippen molar-refractivity contribution in [3.05, 3.63) is 11.4 Å². The highest BCUT2D eigenvalue weighted by molar-refractivity contribution is 5.86. The van der Waals surface area contributed by atoms with E-state index in [2.05, 4.69) is 10.3 Å². The molecule has 0 spiro atoms. The summed E-state index contributed by atoms with van der Waals surface area (Å²) in [4.78, 5) is 10.9. The second-order valence-corrected chi connectivity index (χ2v) is 3.73. The average molecular weight is 257 g/mol. The number of hydrogen-bond acceptors (Lipinski definition) is 5. The van der Waals surface area contributed by atoms with Gasteiger partial charge in [-0.05, 0) is 12.8 Å². The molecule has 0 saturated carbocycles. The molecule has 0 aliphatic rings. The molecule has 7 heteroatoms. The molecule has 1 rings (SSSR count). The lowest BCUT2D eigenvalue weighted by Gasteiger charge is -2.06. The van der Waals surface area contributed by atoms with E-state index in [1.165, 1.54) is 0 Å². The van der Waals surface area contributed by atoms with Gasteiger partial charge in [0.05, 0.1) is 18.9 Å². The Morgan fingerprint density at radius 2 is 2.17 bits per heavy atom. The number of hydrogen-bond donors (Lipinski definition) is 1. The van der Waals surface area contributed by atoms with Gasteiger partial charge in [-0.2, -0.15) is 0 Å². The minimum atomic E-state index is -1.03. The summed E-state index contributed by atoms with van der Waals surface area (Å²) in [5.74, 6) is -1.03. The van der Waals surface area contributed by atoms with Gasteiger partial charge in [0.2, 0.25) is 0 Å². The number of methoxy groups -OCH3 is 1. The lowest BCUT2D eigenvalue weighted by atomic mass is 10.2. The Bertz CT molecular complexity index is 378. The van der Waals surface area contributed by atoms with E-state index in [1.807, 2.05) is 6.92 Å². The van der Waals surface area contributed by atoms with Crippen LogP contribution >= 0.6 is 0 Å². The Balaban J connectivity index is 2.40. The van der Waals surface area contributed by atoms with E-state index in [-0.39, 0.29) is 5.69 Å². The number of nitrogens with zero attached hydrogens (tertiary/aromatic N) is 3. The minimum absolute atomic E-state index is 0.0396. The van der Waals surface area contributed by atoms with Crippen molar-refractivity contribution in [3.63, 3.8) is 0 Å².